The molecule has 0 atom stereocenters. The lowest BCUT2D eigenvalue weighted by Gasteiger charge is -2.41. The highest BCUT2D eigenvalue weighted by atomic mass is 35.5. The van der Waals surface area contributed by atoms with Crippen LogP contribution in [0.15, 0.2) is 0 Å². The number of nitrogens with zero attached hydrogens (tertiary/aromatic N) is 2. The molecule has 0 bridgehead atoms. The molecule has 4 heteroatoms. The average Bonchev–Trinajstić information content (AvgIpc) is 2.38. The lowest BCUT2D eigenvalue weighted by atomic mass is 9.70. The smallest absolute Gasteiger partial charge is 0.162 e. The standard InChI is InChI=1S/C17H27ClN2O/c1-11(2)13-12(3)19-15(20-14(13)18)17(21-6)9-7-16(4,5)8-10-17/h11H,7-10H2,1-6H3. The van der Waals surface area contributed by atoms with Crippen LogP contribution in [0.2, 0.25) is 5.15 Å². The number of halogens is 1. The van der Waals surface area contributed by atoms with Crippen molar-refractivity contribution in [2.75, 3.05) is 7.11 Å². The molecule has 1 aliphatic carbocycles. The zero-order valence-electron chi connectivity index (χ0n) is 14.1. The molecule has 1 fully saturated rings. The minimum Gasteiger partial charge on any atom is -0.370 e. The van der Waals surface area contributed by atoms with E-state index in [2.05, 4.69) is 32.7 Å². The first kappa shape index (κ1) is 16.7. The molecule has 0 radical (unpaired) electrons. The lowest BCUT2D eigenvalue weighted by Crippen LogP contribution is -2.38. The zero-order valence-corrected chi connectivity index (χ0v) is 14.8. The van der Waals surface area contributed by atoms with Gasteiger partial charge in [-0.2, -0.15) is 0 Å². The predicted octanol–water partition coefficient (Wildman–Crippen LogP) is 5.00. The van der Waals surface area contributed by atoms with Gasteiger partial charge in [-0.15, -0.1) is 0 Å². The second-order valence-electron chi connectivity index (χ2n) is 7.35. The summed E-state index contributed by atoms with van der Waals surface area (Å²) in [6, 6.07) is 0. The molecule has 0 amide bonds. The Morgan fingerprint density at radius 3 is 2.10 bits per heavy atom. The maximum absolute atomic E-state index is 6.42. The summed E-state index contributed by atoms with van der Waals surface area (Å²) in [6.45, 7) is 10.9. The number of aromatic nitrogens is 2. The molecule has 3 nitrogen and oxygen atoms in total. The van der Waals surface area contributed by atoms with E-state index in [1.165, 1.54) is 0 Å². The van der Waals surface area contributed by atoms with Crippen LogP contribution in [-0.2, 0) is 10.3 Å². The van der Waals surface area contributed by atoms with Crippen molar-refractivity contribution in [2.45, 2.75) is 71.8 Å². The third-order valence-electron chi connectivity index (χ3n) is 4.88. The molecule has 1 heterocycles. The van der Waals surface area contributed by atoms with Crippen molar-refractivity contribution in [3.05, 3.63) is 22.2 Å². The SMILES string of the molecule is COC1(c2nc(C)c(C(C)C)c(Cl)n2)CCC(C)(C)CC1. The van der Waals surface area contributed by atoms with Gasteiger partial charge in [0.15, 0.2) is 5.82 Å². The first-order valence-corrected chi connectivity index (χ1v) is 8.18. The van der Waals surface area contributed by atoms with E-state index < -0.39 is 0 Å². The van der Waals surface area contributed by atoms with Gasteiger partial charge < -0.3 is 4.74 Å². The summed E-state index contributed by atoms with van der Waals surface area (Å²) in [5.74, 6) is 1.09. The van der Waals surface area contributed by atoms with Gasteiger partial charge in [0.05, 0.1) is 0 Å². The van der Waals surface area contributed by atoms with Gasteiger partial charge in [-0.25, -0.2) is 9.97 Å². The van der Waals surface area contributed by atoms with Gasteiger partial charge in [-0.05, 0) is 43.9 Å². The van der Waals surface area contributed by atoms with Crippen LogP contribution in [0.4, 0.5) is 0 Å². The van der Waals surface area contributed by atoms with Crippen LogP contribution in [0, 0.1) is 12.3 Å². The molecule has 118 valence electrons. The summed E-state index contributed by atoms with van der Waals surface area (Å²) >= 11 is 6.42. The van der Waals surface area contributed by atoms with E-state index in [1.807, 2.05) is 6.92 Å². The molecule has 1 saturated carbocycles. The summed E-state index contributed by atoms with van der Waals surface area (Å²) in [4.78, 5) is 9.35. The molecule has 0 unspecified atom stereocenters. The van der Waals surface area contributed by atoms with E-state index >= 15 is 0 Å². The highest BCUT2D eigenvalue weighted by molar-refractivity contribution is 6.30. The van der Waals surface area contributed by atoms with Gasteiger partial charge in [0.25, 0.3) is 0 Å². The van der Waals surface area contributed by atoms with E-state index in [0.29, 0.717) is 16.5 Å². The number of rotatable bonds is 3. The van der Waals surface area contributed by atoms with Crippen molar-refractivity contribution in [2.24, 2.45) is 5.41 Å². The molecule has 1 aromatic heterocycles. The Morgan fingerprint density at radius 1 is 1.10 bits per heavy atom. The van der Waals surface area contributed by atoms with Gasteiger partial charge >= 0.3 is 0 Å². The fourth-order valence-corrected chi connectivity index (χ4v) is 3.69. The lowest BCUT2D eigenvalue weighted by molar-refractivity contribution is -0.0730. The van der Waals surface area contributed by atoms with E-state index in [4.69, 9.17) is 21.3 Å². The Balaban J connectivity index is 2.40. The van der Waals surface area contributed by atoms with Crippen LogP contribution in [0.5, 0.6) is 0 Å². The Morgan fingerprint density at radius 2 is 1.67 bits per heavy atom. The third kappa shape index (κ3) is 3.24. The Labute approximate surface area is 133 Å². The molecule has 0 saturated heterocycles. The number of hydrogen-bond donors (Lipinski definition) is 0. The summed E-state index contributed by atoms with van der Waals surface area (Å²) in [6.07, 6.45) is 4.14. The van der Waals surface area contributed by atoms with Crippen molar-refractivity contribution in [3.8, 4) is 0 Å². The van der Waals surface area contributed by atoms with Gasteiger partial charge in [0.1, 0.15) is 10.8 Å². The monoisotopic (exact) mass is 310 g/mol. The van der Waals surface area contributed by atoms with Gasteiger partial charge in [-0.1, -0.05) is 39.3 Å². The molecule has 0 aromatic carbocycles. The first-order valence-electron chi connectivity index (χ1n) is 7.80. The van der Waals surface area contributed by atoms with E-state index in [0.717, 1.165) is 42.8 Å². The molecule has 0 N–H and O–H groups in total. The topological polar surface area (TPSA) is 35.0 Å². The summed E-state index contributed by atoms with van der Waals surface area (Å²) in [5.41, 5.74) is 2.02. The fourth-order valence-electron chi connectivity index (χ4n) is 3.26. The second-order valence-corrected chi connectivity index (χ2v) is 7.71. The van der Waals surface area contributed by atoms with Gasteiger partial charge in [0, 0.05) is 18.4 Å². The minimum absolute atomic E-state index is 0.329. The van der Waals surface area contributed by atoms with Crippen LogP contribution >= 0.6 is 11.6 Å². The Bertz CT molecular complexity index is 493. The van der Waals surface area contributed by atoms with Crippen molar-refractivity contribution < 1.29 is 4.74 Å². The van der Waals surface area contributed by atoms with E-state index in [1.54, 1.807) is 7.11 Å². The van der Waals surface area contributed by atoms with E-state index in [9.17, 15) is 0 Å². The van der Waals surface area contributed by atoms with Gasteiger partial charge in [0.2, 0.25) is 0 Å². The average molecular weight is 311 g/mol. The Hall–Kier alpha value is -0.670. The maximum atomic E-state index is 6.42. The highest BCUT2D eigenvalue weighted by Crippen LogP contribution is 2.46. The summed E-state index contributed by atoms with van der Waals surface area (Å²) in [7, 11) is 1.77. The molecule has 1 aromatic rings. The van der Waals surface area contributed by atoms with Crippen molar-refractivity contribution in [1.82, 2.24) is 9.97 Å². The first-order chi connectivity index (χ1) is 9.71. The number of methoxy groups -OCH3 is 1. The molecule has 0 spiro atoms. The zero-order chi connectivity index (χ0) is 15.8. The van der Waals surface area contributed by atoms with Crippen molar-refractivity contribution in [1.29, 1.82) is 0 Å². The summed E-state index contributed by atoms with van der Waals surface area (Å²) < 4.78 is 5.88. The third-order valence-corrected chi connectivity index (χ3v) is 5.16. The van der Waals surface area contributed by atoms with Crippen LogP contribution in [0.25, 0.3) is 0 Å². The fraction of sp³-hybridized carbons (Fsp3) is 0.765. The molecule has 21 heavy (non-hydrogen) atoms. The Kier molecular flexibility index (Phi) is 4.65. The second kappa shape index (κ2) is 5.85. The number of hydrogen-bond acceptors (Lipinski definition) is 3. The number of ether oxygens (including phenoxy) is 1. The highest BCUT2D eigenvalue weighted by Gasteiger charge is 2.42. The van der Waals surface area contributed by atoms with Crippen LogP contribution in [0.3, 0.4) is 0 Å². The van der Waals surface area contributed by atoms with Gasteiger partial charge in [-0.3, -0.25) is 0 Å². The van der Waals surface area contributed by atoms with Crippen LogP contribution in [0.1, 0.15) is 76.4 Å². The number of aryl methyl sites for hydroxylation is 1. The molecule has 1 aliphatic rings. The molecular weight excluding hydrogens is 284 g/mol. The molecule has 0 aliphatic heterocycles. The summed E-state index contributed by atoms with van der Waals surface area (Å²) in [5, 5.41) is 0.578. The van der Waals surface area contributed by atoms with E-state index in [-0.39, 0.29) is 5.60 Å². The molecular formula is C17H27ClN2O. The van der Waals surface area contributed by atoms with Crippen LogP contribution < -0.4 is 0 Å². The predicted molar refractivity (Wildman–Crippen MR) is 86.8 cm³/mol. The maximum Gasteiger partial charge on any atom is 0.162 e. The largest absolute Gasteiger partial charge is 0.370 e. The van der Waals surface area contributed by atoms with Crippen molar-refractivity contribution in [3.63, 3.8) is 0 Å². The minimum atomic E-state index is -0.376. The quantitative estimate of drug-likeness (QED) is 0.737. The normalized spacial score (nSPS) is 20.8. The van der Waals surface area contributed by atoms with Crippen molar-refractivity contribution >= 4 is 11.6 Å². The van der Waals surface area contributed by atoms with Crippen LogP contribution in [-0.4, -0.2) is 17.1 Å². The molecule has 2 rings (SSSR count).